The highest BCUT2D eigenvalue weighted by Crippen LogP contribution is 2.34. The minimum atomic E-state index is 0.793. The smallest absolute Gasteiger partial charge is 0.0380 e. The molecule has 1 saturated carbocycles. The summed E-state index contributed by atoms with van der Waals surface area (Å²) in [5, 5.41) is 0.908. The van der Waals surface area contributed by atoms with E-state index < -0.39 is 0 Å². The molecule has 1 fully saturated rings. The van der Waals surface area contributed by atoms with Gasteiger partial charge in [-0.2, -0.15) is 0 Å². The lowest BCUT2D eigenvalue weighted by atomic mass is 10.2. The molecule has 1 aliphatic carbocycles. The maximum Gasteiger partial charge on any atom is 0.0380 e. The third kappa shape index (κ3) is 2.80. The number of alkyl halides is 1. The number of rotatable bonds is 5. The summed E-state index contributed by atoms with van der Waals surface area (Å²) in [6.45, 7) is 3.42. The van der Waals surface area contributed by atoms with Crippen LogP contribution < -0.4 is 4.90 Å². The average Bonchev–Trinajstić information content (AvgIpc) is 3.09. The van der Waals surface area contributed by atoms with E-state index in [2.05, 4.69) is 61.9 Å². The number of benzene rings is 1. The van der Waals surface area contributed by atoms with Gasteiger partial charge in [-0.15, -0.1) is 0 Å². The van der Waals surface area contributed by atoms with E-state index in [0.29, 0.717) is 0 Å². The van der Waals surface area contributed by atoms with Gasteiger partial charge in [-0.05, 0) is 37.0 Å². The Morgan fingerprint density at radius 3 is 2.62 bits per heavy atom. The van der Waals surface area contributed by atoms with Gasteiger partial charge in [-0.1, -0.05) is 44.8 Å². The maximum atomic E-state index is 3.64. The van der Waals surface area contributed by atoms with Crippen molar-refractivity contribution in [3.63, 3.8) is 0 Å². The van der Waals surface area contributed by atoms with Crippen LogP contribution in [0.5, 0.6) is 0 Å². The second-order valence-corrected chi connectivity index (χ2v) is 5.75. The summed E-state index contributed by atoms with van der Waals surface area (Å²) in [6.07, 6.45) is 3.93. The Hall–Kier alpha value is -0.0200. The van der Waals surface area contributed by atoms with E-state index in [1.54, 1.807) is 0 Å². The molecule has 0 bridgehead atoms. The minimum absolute atomic E-state index is 0.793. The summed E-state index contributed by atoms with van der Waals surface area (Å²) in [7, 11) is 0. The molecule has 1 aromatic carbocycles. The molecule has 1 aliphatic rings. The van der Waals surface area contributed by atoms with Gasteiger partial charge >= 0.3 is 0 Å². The maximum absolute atomic E-state index is 3.64. The van der Waals surface area contributed by atoms with Crippen molar-refractivity contribution in [2.24, 2.45) is 0 Å². The fraction of sp³-hybridized carbons (Fsp3) is 0.538. The van der Waals surface area contributed by atoms with Crippen LogP contribution in [0.2, 0.25) is 0 Å². The van der Waals surface area contributed by atoms with Gasteiger partial charge in [0.1, 0.15) is 0 Å². The summed E-state index contributed by atoms with van der Waals surface area (Å²) in [6, 6.07) is 7.50. The van der Waals surface area contributed by atoms with Crippen LogP contribution in [0.4, 0.5) is 5.69 Å². The Kier molecular flexibility index (Phi) is 4.31. The molecule has 0 radical (unpaired) electrons. The molecule has 0 heterocycles. The Bertz CT molecular complexity index is 361. The molecule has 16 heavy (non-hydrogen) atoms. The van der Waals surface area contributed by atoms with Crippen LogP contribution >= 0.6 is 31.9 Å². The van der Waals surface area contributed by atoms with E-state index >= 15 is 0 Å². The second-order valence-electron chi connectivity index (χ2n) is 4.33. The van der Waals surface area contributed by atoms with Gasteiger partial charge in [0.2, 0.25) is 0 Å². The topological polar surface area (TPSA) is 3.24 Å². The molecule has 1 nitrogen and oxygen atoms in total. The molecular weight excluding hydrogens is 330 g/mol. The van der Waals surface area contributed by atoms with Crippen LogP contribution in [0, 0.1) is 0 Å². The van der Waals surface area contributed by atoms with Gasteiger partial charge in [-0.3, -0.25) is 0 Å². The quantitative estimate of drug-likeness (QED) is 0.697. The zero-order valence-electron chi connectivity index (χ0n) is 9.55. The molecule has 0 amide bonds. The van der Waals surface area contributed by atoms with Gasteiger partial charge in [0.25, 0.3) is 0 Å². The van der Waals surface area contributed by atoms with Crippen molar-refractivity contribution in [3.8, 4) is 0 Å². The summed E-state index contributed by atoms with van der Waals surface area (Å²) >= 11 is 7.14. The summed E-state index contributed by atoms with van der Waals surface area (Å²) in [5.41, 5.74) is 2.68. The van der Waals surface area contributed by atoms with E-state index in [4.69, 9.17) is 0 Å². The third-order valence-corrected chi connectivity index (χ3v) is 4.31. The highest BCUT2D eigenvalue weighted by Gasteiger charge is 2.28. The SMILES string of the molecule is CCCN(c1ccc(CBr)c(Br)c1)C1CC1. The van der Waals surface area contributed by atoms with Crippen molar-refractivity contribution in [2.75, 3.05) is 11.4 Å². The van der Waals surface area contributed by atoms with Gasteiger partial charge in [0.05, 0.1) is 0 Å². The van der Waals surface area contributed by atoms with Crippen molar-refractivity contribution in [2.45, 2.75) is 37.6 Å². The number of halogens is 2. The first-order chi connectivity index (χ1) is 7.76. The van der Waals surface area contributed by atoms with E-state index in [9.17, 15) is 0 Å². The zero-order valence-corrected chi connectivity index (χ0v) is 12.7. The second kappa shape index (κ2) is 5.54. The first-order valence-corrected chi connectivity index (χ1v) is 7.78. The molecule has 3 heteroatoms. The molecule has 2 rings (SSSR count). The first-order valence-electron chi connectivity index (χ1n) is 5.87. The van der Waals surface area contributed by atoms with Gasteiger partial charge in [0.15, 0.2) is 0 Å². The molecule has 0 aromatic heterocycles. The lowest BCUT2D eigenvalue weighted by Gasteiger charge is -2.24. The Labute approximate surface area is 114 Å². The molecule has 0 spiro atoms. The zero-order chi connectivity index (χ0) is 11.5. The van der Waals surface area contributed by atoms with E-state index in [0.717, 1.165) is 11.4 Å². The summed E-state index contributed by atoms with van der Waals surface area (Å²) < 4.78 is 1.21. The summed E-state index contributed by atoms with van der Waals surface area (Å²) in [5.74, 6) is 0. The minimum Gasteiger partial charge on any atom is -0.369 e. The Balaban J connectivity index is 2.20. The van der Waals surface area contributed by atoms with Crippen LogP contribution in [0.25, 0.3) is 0 Å². The third-order valence-electron chi connectivity index (χ3n) is 2.96. The van der Waals surface area contributed by atoms with Crippen LogP contribution in [0.15, 0.2) is 22.7 Å². The Morgan fingerprint density at radius 2 is 2.12 bits per heavy atom. The van der Waals surface area contributed by atoms with Crippen LogP contribution in [0.1, 0.15) is 31.7 Å². The number of hydrogen-bond acceptors (Lipinski definition) is 1. The molecule has 0 saturated heterocycles. The monoisotopic (exact) mass is 345 g/mol. The predicted octanol–water partition coefficient (Wildman–Crippen LogP) is 4.72. The van der Waals surface area contributed by atoms with Gasteiger partial charge in [0, 0.05) is 28.1 Å². The molecule has 0 N–H and O–H groups in total. The number of hydrogen-bond donors (Lipinski definition) is 0. The average molecular weight is 347 g/mol. The standard InChI is InChI=1S/C13H17Br2N/c1-2-7-16(11-5-6-11)12-4-3-10(9-14)13(15)8-12/h3-4,8,11H,2,5-7,9H2,1H3. The van der Waals surface area contributed by atoms with Crippen molar-refractivity contribution in [1.82, 2.24) is 0 Å². The van der Waals surface area contributed by atoms with Crippen LogP contribution in [0.3, 0.4) is 0 Å². The van der Waals surface area contributed by atoms with Crippen molar-refractivity contribution < 1.29 is 0 Å². The fourth-order valence-corrected chi connectivity index (χ4v) is 3.34. The lowest BCUT2D eigenvalue weighted by Crippen LogP contribution is -2.26. The predicted molar refractivity (Wildman–Crippen MR) is 77.4 cm³/mol. The molecule has 1 aromatic rings. The highest BCUT2D eigenvalue weighted by molar-refractivity contribution is 9.10. The molecule has 0 atom stereocenters. The van der Waals surface area contributed by atoms with Crippen molar-refractivity contribution in [3.05, 3.63) is 28.2 Å². The lowest BCUT2D eigenvalue weighted by molar-refractivity contribution is 0.763. The van der Waals surface area contributed by atoms with Gasteiger partial charge in [-0.25, -0.2) is 0 Å². The highest BCUT2D eigenvalue weighted by atomic mass is 79.9. The van der Waals surface area contributed by atoms with Gasteiger partial charge < -0.3 is 4.90 Å². The van der Waals surface area contributed by atoms with E-state index in [1.807, 2.05) is 0 Å². The fourth-order valence-electron chi connectivity index (χ4n) is 1.97. The molecular formula is C13H17Br2N. The number of nitrogens with zero attached hydrogens (tertiary/aromatic N) is 1. The molecule has 88 valence electrons. The summed E-state index contributed by atoms with van der Waals surface area (Å²) in [4.78, 5) is 2.54. The van der Waals surface area contributed by atoms with Crippen LogP contribution in [-0.4, -0.2) is 12.6 Å². The molecule has 0 unspecified atom stereocenters. The van der Waals surface area contributed by atoms with Crippen molar-refractivity contribution in [1.29, 1.82) is 0 Å². The normalized spacial score (nSPS) is 15.2. The molecule has 0 aliphatic heterocycles. The first kappa shape index (κ1) is 12.4. The van der Waals surface area contributed by atoms with E-state index in [-0.39, 0.29) is 0 Å². The van der Waals surface area contributed by atoms with Crippen LogP contribution in [-0.2, 0) is 5.33 Å². The Morgan fingerprint density at radius 1 is 1.38 bits per heavy atom. The largest absolute Gasteiger partial charge is 0.369 e. The van der Waals surface area contributed by atoms with E-state index in [1.165, 1.54) is 41.5 Å². The number of anilines is 1. The van der Waals surface area contributed by atoms with Crippen molar-refractivity contribution >= 4 is 37.5 Å².